The van der Waals surface area contributed by atoms with Gasteiger partial charge in [-0.1, -0.05) is 18.1 Å². The highest BCUT2D eigenvalue weighted by Crippen LogP contribution is 2.43. The van der Waals surface area contributed by atoms with Gasteiger partial charge < -0.3 is 26.0 Å². The van der Waals surface area contributed by atoms with Crippen molar-refractivity contribution in [1.82, 2.24) is 40.1 Å². The molecule has 1 spiro atoms. The van der Waals surface area contributed by atoms with Crippen molar-refractivity contribution in [2.45, 2.75) is 25.7 Å². The number of hydrogen-bond donors (Lipinski definition) is 3. The highest BCUT2D eigenvalue weighted by molar-refractivity contribution is 5.93. The number of carbonyl (C=O) groups is 1. The van der Waals surface area contributed by atoms with E-state index in [1.54, 1.807) is 47.4 Å². The van der Waals surface area contributed by atoms with Crippen molar-refractivity contribution in [3.63, 3.8) is 0 Å². The van der Waals surface area contributed by atoms with E-state index in [1.807, 2.05) is 24.3 Å². The van der Waals surface area contributed by atoms with E-state index in [0.29, 0.717) is 28.5 Å². The Morgan fingerprint density at radius 1 is 1.00 bits per heavy atom. The van der Waals surface area contributed by atoms with Crippen LogP contribution < -0.4 is 20.9 Å². The van der Waals surface area contributed by atoms with Gasteiger partial charge in [0, 0.05) is 56.4 Å². The van der Waals surface area contributed by atoms with Crippen LogP contribution in [-0.2, 0) is 0 Å². The molecule has 2 aliphatic rings. The lowest BCUT2D eigenvalue weighted by molar-refractivity contribution is 0.0953. The number of piperidine rings is 2. The number of phenolic OH excluding ortho intramolecular Hbond substituents is 1. The molecule has 0 unspecified atom stereocenters. The second-order valence-electron chi connectivity index (χ2n) is 11.7. The summed E-state index contributed by atoms with van der Waals surface area (Å²) in [5.74, 6) is 7.40. The standard InChI is InChI=1S/C33H33N11O2/c34-31-26(20-24(39-40-31)23-6-1-2-7-27(23)45)43-16-4-10-33(22-43)11-18-42(19-12-33)29-9-15-35-28(38-29)8-3-13-37-32(46)25-21-30-36-14-5-17-44(30)41-25/h1-2,5-7,9,14-15,17,20-21,45H,4,10-13,16,18-19,22H2,(H2,34,40)(H,37,46). The van der Waals surface area contributed by atoms with Crippen LogP contribution >= 0.6 is 0 Å². The quantitative estimate of drug-likeness (QED) is 0.249. The molecule has 0 aliphatic carbocycles. The molecule has 4 aromatic heterocycles. The first-order chi connectivity index (χ1) is 22.5. The Bertz CT molecular complexity index is 1920. The SMILES string of the molecule is Nc1nnc(-c2ccccc2O)cc1N1CCCC2(CCN(c3ccnc(C#CCNC(=O)c4cc5ncccn5n4)n3)CC2)C1. The zero-order valence-corrected chi connectivity index (χ0v) is 25.2. The van der Waals surface area contributed by atoms with Gasteiger partial charge in [-0.2, -0.15) is 5.10 Å². The van der Waals surface area contributed by atoms with Crippen LogP contribution in [0.1, 0.15) is 42.0 Å². The van der Waals surface area contributed by atoms with Crippen LogP contribution in [0.5, 0.6) is 5.75 Å². The summed E-state index contributed by atoms with van der Waals surface area (Å²) >= 11 is 0. The van der Waals surface area contributed by atoms with Crippen molar-refractivity contribution >= 4 is 28.9 Å². The molecule has 2 saturated heterocycles. The van der Waals surface area contributed by atoms with E-state index >= 15 is 0 Å². The van der Waals surface area contributed by atoms with Crippen LogP contribution in [0.3, 0.4) is 0 Å². The summed E-state index contributed by atoms with van der Waals surface area (Å²) in [4.78, 5) is 30.3. The van der Waals surface area contributed by atoms with Crippen molar-refractivity contribution in [2.75, 3.05) is 48.3 Å². The fourth-order valence-corrected chi connectivity index (χ4v) is 6.36. The first kappa shape index (κ1) is 29.0. The first-order valence-electron chi connectivity index (χ1n) is 15.3. The van der Waals surface area contributed by atoms with Crippen LogP contribution in [0.25, 0.3) is 16.9 Å². The van der Waals surface area contributed by atoms with Gasteiger partial charge in [-0.25, -0.2) is 19.5 Å². The Morgan fingerprint density at radius 3 is 2.72 bits per heavy atom. The summed E-state index contributed by atoms with van der Waals surface area (Å²) < 4.78 is 1.55. The molecule has 6 heterocycles. The third-order valence-corrected chi connectivity index (χ3v) is 8.78. The molecule has 13 heteroatoms. The van der Waals surface area contributed by atoms with Crippen LogP contribution in [0.2, 0.25) is 0 Å². The first-order valence-corrected chi connectivity index (χ1v) is 15.3. The second-order valence-corrected chi connectivity index (χ2v) is 11.7. The van der Waals surface area contributed by atoms with Crippen molar-refractivity contribution in [3.8, 4) is 28.8 Å². The summed E-state index contributed by atoms with van der Waals surface area (Å²) in [5, 5.41) is 25.8. The molecule has 2 fully saturated rings. The van der Waals surface area contributed by atoms with E-state index in [4.69, 9.17) is 10.7 Å². The molecule has 46 heavy (non-hydrogen) atoms. The van der Waals surface area contributed by atoms with E-state index in [1.165, 1.54) is 0 Å². The van der Waals surface area contributed by atoms with E-state index in [9.17, 15) is 9.90 Å². The van der Waals surface area contributed by atoms with Gasteiger partial charge in [0.1, 0.15) is 11.6 Å². The molecule has 0 saturated carbocycles. The number of amides is 1. The number of nitrogens with one attached hydrogen (secondary N) is 1. The zero-order valence-electron chi connectivity index (χ0n) is 25.2. The normalized spacial score (nSPS) is 15.8. The van der Waals surface area contributed by atoms with E-state index in [0.717, 1.165) is 63.4 Å². The van der Waals surface area contributed by atoms with E-state index in [2.05, 4.69) is 52.2 Å². The highest BCUT2D eigenvalue weighted by atomic mass is 16.3. The number of rotatable bonds is 5. The number of fused-ring (bicyclic) bond motifs is 1. The lowest BCUT2D eigenvalue weighted by Crippen LogP contribution is -2.50. The Hall–Kier alpha value is -5.77. The van der Waals surface area contributed by atoms with Gasteiger partial charge >= 0.3 is 0 Å². The Balaban J connectivity index is 0.968. The number of aromatic nitrogens is 7. The highest BCUT2D eigenvalue weighted by Gasteiger charge is 2.39. The van der Waals surface area contributed by atoms with Gasteiger partial charge in [0.15, 0.2) is 17.2 Å². The monoisotopic (exact) mass is 615 g/mol. The maximum absolute atomic E-state index is 12.5. The average molecular weight is 616 g/mol. The summed E-state index contributed by atoms with van der Waals surface area (Å²) in [7, 11) is 0. The topological polar surface area (TPSA) is 164 Å². The molecule has 0 radical (unpaired) electrons. The number of carbonyl (C=O) groups excluding carboxylic acids is 1. The molecule has 4 N–H and O–H groups in total. The molecule has 1 aromatic carbocycles. The third kappa shape index (κ3) is 5.97. The van der Waals surface area contributed by atoms with Gasteiger partial charge in [-0.15, -0.1) is 10.2 Å². The number of benzene rings is 1. The fraction of sp³-hybridized carbons (Fsp3) is 0.303. The molecule has 0 bridgehead atoms. The lowest BCUT2D eigenvalue weighted by Gasteiger charge is -2.48. The molecule has 2 aliphatic heterocycles. The maximum atomic E-state index is 12.5. The number of nitrogens with two attached hydrogens (primary N) is 1. The summed E-state index contributed by atoms with van der Waals surface area (Å²) in [6.07, 6.45) is 9.36. The Labute approximate surface area is 265 Å². The van der Waals surface area contributed by atoms with E-state index < -0.39 is 0 Å². The lowest BCUT2D eigenvalue weighted by atomic mass is 9.72. The molecule has 13 nitrogen and oxygen atoms in total. The number of para-hydroxylation sites is 1. The maximum Gasteiger partial charge on any atom is 0.272 e. The van der Waals surface area contributed by atoms with Gasteiger partial charge in [-0.05, 0) is 67.4 Å². The van der Waals surface area contributed by atoms with Gasteiger partial charge in [0.2, 0.25) is 5.82 Å². The van der Waals surface area contributed by atoms with Crippen LogP contribution in [0.4, 0.5) is 17.3 Å². The largest absolute Gasteiger partial charge is 0.507 e. The molecular weight excluding hydrogens is 582 g/mol. The zero-order chi connectivity index (χ0) is 31.5. The smallest absolute Gasteiger partial charge is 0.272 e. The van der Waals surface area contributed by atoms with Crippen LogP contribution in [0.15, 0.2) is 67.1 Å². The minimum atomic E-state index is -0.322. The number of hydrogen-bond acceptors (Lipinski definition) is 11. The summed E-state index contributed by atoms with van der Waals surface area (Å²) in [6.45, 7) is 3.66. The van der Waals surface area contributed by atoms with Crippen molar-refractivity contribution in [1.29, 1.82) is 0 Å². The fourth-order valence-electron chi connectivity index (χ4n) is 6.36. The minimum Gasteiger partial charge on any atom is -0.507 e. The minimum absolute atomic E-state index is 0.141. The molecule has 7 rings (SSSR count). The molecule has 5 aromatic rings. The number of aromatic hydroxyl groups is 1. The summed E-state index contributed by atoms with van der Waals surface area (Å²) in [6, 6.07) is 14.4. The molecule has 232 valence electrons. The molecule has 0 atom stereocenters. The van der Waals surface area contributed by atoms with Crippen LogP contribution in [0, 0.1) is 17.3 Å². The molecular formula is C33H33N11O2. The number of anilines is 3. The van der Waals surface area contributed by atoms with E-state index in [-0.39, 0.29) is 29.3 Å². The van der Waals surface area contributed by atoms with Gasteiger partial charge in [0.05, 0.1) is 17.9 Å². The van der Waals surface area contributed by atoms with Crippen molar-refractivity contribution in [3.05, 3.63) is 78.6 Å². The predicted octanol–water partition coefficient (Wildman–Crippen LogP) is 2.93. The second kappa shape index (κ2) is 12.3. The summed E-state index contributed by atoms with van der Waals surface area (Å²) in [5.41, 5.74) is 9.46. The predicted molar refractivity (Wildman–Crippen MR) is 173 cm³/mol. The van der Waals surface area contributed by atoms with Gasteiger partial charge in [-0.3, -0.25) is 4.79 Å². The third-order valence-electron chi connectivity index (χ3n) is 8.78. The van der Waals surface area contributed by atoms with Crippen molar-refractivity contribution in [2.24, 2.45) is 5.41 Å². The Kier molecular flexibility index (Phi) is 7.76. The van der Waals surface area contributed by atoms with Crippen molar-refractivity contribution < 1.29 is 9.90 Å². The average Bonchev–Trinajstić information content (AvgIpc) is 3.53. The molecule has 1 amide bonds. The van der Waals surface area contributed by atoms with Crippen LogP contribution in [-0.4, -0.2) is 78.5 Å². The van der Waals surface area contributed by atoms with Gasteiger partial charge in [0.25, 0.3) is 5.91 Å². The number of nitrogen functional groups attached to an aromatic ring is 1. The Morgan fingerprint density at radius 2 is 1.87 bits per heavy atom. The number of nitrogens with zero attached hydrogens (tertiary/aromatic N) is 9. The number of phenols is 1.